The first-order chi connectivity index (χ1) is 14.9. The molecule has 2 aromatic carbocycles. The molecule has 1 aliphatic rings. The number of anilines is 1. The minimum Gasteiger partial charge on any atom is -0.349 e. The SMILES string of the molecule is Cc1cccc(NC(=O)Cn2c(=O)cnc3cc(C(=O)NC4CCCC4)ccc32)c1C. The van der Waals surface area contributed by atoms with Gasteiger partial charge >= 0.3 is 0 Å². The second-order valence-corrected chi connectivity index (χ2v) is 8.14. The van der Waals surface area contributed by atoms with E-state index in [0.29, 0.717) is 16.6 Å². The lowest BCUT2D eigenvalue weighted by Gasteiger charge is -2.14. The molecule has 4 rings (SSSR count). The lowest BCUT2D eigenvalue weighted by molar-refractivity contribution is -0.116. The number of aromatic nitrogens is 2. The van der Waals surface area contributed by atoms with Crippen molar-refractivity contribution in [2.75, 3.05) is 5.32 Å². The zero-order valence-corrected chi connectivity index (χ0v) is 17.8. The second-order valence-electron chi connectivity index (χ2n) is 8.14. The number of nitrogens with zero attached hydrogens (tertiary/aromatic N) is 2. The molecule has 0 unspecified atom stereocenters. The number of hydrogen-bond donors (Lipinski definition) is 2. The first-order valence-electron chi connectivity index (χ1n) is 10.6. The number of fused-ring (bicyclic) bond motifs is 1. The van der Waals surface area contributed by atoms with Gasteiger partial charge in [0.1, 0.15) is 6.54 Å². The topological polar surface area (TPSA) is 93.1 Å². The van der Waals surface area contributed by atoms with Crippen molar-refractivity contribution in [1.82, 2.24) is 14.9 Å². The van der Waals surface area contributed by atoms with Gasteiger partial charge in [0.15, 0.2) is 0 Å². The Kier molecular flexibility index (Phi) is 5.84. The van der Waals surface area contributed by atoms with Gasteiger partial charge in [0, 0.05) is 17.3 Å². The van der Waals surface area contributed by atoms with E-state index in [2.05, 4.69) is 15.6 Å². The summed E-state index contributed by atoms with van der Waals surface area (Å²) in [5.74, 6) is -0.438. The van der Waals surface area contributed by atoms with Crippen LogP contribution in [0.1, 0.15) is 47.2 Å². The third kappa shape index (κ3) is 4.50. The largest absolute Gasteiger partial charge is 0.349 e. The molecule has 2 amide bonds. The van der Waals surface area contributed by atoms with Crippen molar-refractivity contribution >= 4 is 28.5 Å². The molecular weight excluding hydrogens is 392 g/mol. The van der Waals surface area contributed by atoms with Crippen LogP contribution in [0.25, 0.3) is 11.0 Å². The van der Waals surface area contributed by atoms with E-state index in [9.17, 15) is 14.4 Å². The standard InChI is InChI=1S/C24H26N4O3/c1-15-6-5-9-19(16(15)2)27-22(29)14-28-21-11-10-17(12-20(21)25-13-23(28)30)24(31)26-18-7-3-4-8-18/h5-6,9-13,18H,3-4,7-8,14H2,1-2H3,(H,26,31)(H,27,29). The fraction of sp³-hybridized carbons (Fsp3) is 0.333. The molecule has 7 nitrogen and oxygen atoms in total. The maximum absolute atomic E-state index is 12.7. The van der Waals surface area contributed by atoms with Crippen molar-refractivity contribution in [3.63, 3.8) is 0 Å². The van der Waals surface area contributed by atoms with Crippen LogP contribution in [0.2, 0.25) is 0 Å². The van der Waals surface area contributed by atoms with Crippen molar-refractivity contribution in [3.05, 3.63) is 69.6 Å². The highest BCUT2D eigenvalue weighted by Gasteiger charge is 2.19. The Hall–Kier alpha value is -3.48. The van der Waals surface area contributed by atoms with Crippen LogP contribution in [0.3, 0.4) is 0 Å². The molecular formula is C24H26N4O3. The molecule has 0 aliphatic heterocycles. The van der Waals surface area contributed by atoms with Crippen molar-refractivity contribution in [2.24, 2.45) is 0 Å². The van der Waals surface area contributed by atoms with Gasteiger partial charge in [0.05, 0.1) is 17.2 Å². The number of carbonyl (C=O) groups excluding carboxylic acids is 2. The number of amides is 2. The van der Waals surface area contributed by atoms with Crippen LogP contribution in [0, 0.1) is 13.8 Å². The highest BCUT2D eigenvalue weighted by Crippen LogP contribution is 2.20. The molecule has 0 atom stereocenters. The van der Waals surface area contributed by atoms with Gasteiger partial charge in [-0.05, 0) is 62.1 Å². The lowest BCUT2D eigenvalue weighted by atomic mass is 10.1. The normalized spacial score (nSPS) is 14.0. The molecule has 1 aliphatic carbocycles. The number of nitrogens with one attached hydrogen (secondary N) is 2. The molecule has 0 bridgehead atoms. The Morgan fingerprint density at radius 1 is 1.13 bits per heavy atom. The van der Waals surface area contributed by atoms with Gasteiger partial charge in [-0.3, -0.25) is 19.0 Å². The molecule has 2 N–H and O–H groups in total. The highest BCUT2D eigenvalue weighted by molar-refractivity contribution is 5.98. The summed E-state index contributed by atoms with van der Waals surface area (Å²) in [5.41, 5.74) is 3.93. The van der Waals surface area contributed by atoms with E-state index in [1.807, 2.05) is 32.0 Å². The fourth-order valence-corrected chi connectivity index (χ4v) is 4.03. The average molecular weight is 418 g/mol. The van der Waals surface area contributed by atoms with Gasteiger partial charge < -0.3 is 10.6 Å². The molecule has 1 heterocycles. The van der Waals surface area contributed by atoms with E-state index in [-0.39, 0.29) is 30.0 Å². The molecule has 1 saturated carbocycles. The van der Waals surface area contributed by atoms with E-state index < -0.39 is 0 Å². The summed E-state index contributed by atoms with van der Waals surface area (Å²) in [5, 5.41) is 5.93. The summed E-state index contributed by atoms with van der Waals surface area (Å²) in [6.45, 7) is 3.78. The van der Waals surface area contributed by atoms with Crippen molar-refractivity contribution in [3.8, 4) is 0 Å². The molecule has 1 fully saturated rings. The number of aryl methyl sites for hydroxylation is 1. The molecule has 0 radical (unpaired) electrons. The van der Waals surface area contributed by atoms with E-state index in [1.165, 1.54) is 10.8 Å². The van der Waals surface area contributed by atoms with E-state index in [4.69, 9.17) is 0 Å². The molecule has 3 aromatic rings. The maximum Gasteiger partial charge on any atom is 0.269 e. The van der Waals surface area contributed by atoms with Gasteiger partial charge in [-0.25, -0.2) is 4.98 Å². The van der Waals surface area contributed by atoms with Crippen molar-refractivity contribution < 1.29 is 9.59 Å². The van der Waals surface area contributed by atoms with Crippen LogP contribution < -0.4 is 16.2 Å². The van der Waals surface area contributed by atoms with Crippen LogP contribution in [-0.2, 0) is 11.3 Å². The predicted octanol–water partition coefficient (Wildman–Crippen LogP) is 3.32. The second kappa shape index (κ2) is 8.71. The number of carbonyl (C=O) groups is 2. The van der Waals surface area contributed by atoms with E-state index in [1.54, 1.807) is 18.2 Å². The third-order valence-electron chi connectivity index (χ3n) is 5.98. The smallest absolute Gasteiger partial charge is 0.269 e. The van der Waals surface area contributed by atoms with Crippen LogP contribution in [0.5, 0.6) is 0 Å². The number of benzene rings is 2. The zero-order chi connectivity index (χ0) is 22.0. The van der Waals surface area contributed by atoms with Crippen LogP contribution in [-0.4, -0.2) is 27.4 Å². The fourth-order valence-electron chi connectivity index (χ4n) is 4.03. The molecule has 0 spiro atoms. The van der Waals surface area contributed by atoms with Crippen molar-refractivity contribution in [2.45, 2.75) is 52.1 Å². The molecule has 160 valence electrons. The first-order valence-corrected chi connectivity index (χ1v) is 10.6. The van der Waals surface area contributed by atoms with E-state index >= 15 is 0 Å². The number of hydrogen-bond acceptors (Lipinski definition) is 4. The van der Waals surface area contributed by atoms with Crippen LogP contribution in [0.4, 0.5) is 5.69 Å². The Bertz CT molecular complexity index is 1210. The highest BCUT2D eigenvalue weighted by atomic mass is 16.2. The average Bonchev–Trinajstić information content (AvgIpc) is 3.26. The van der Waals surface area contributed by atoms with Gasteiger partial charge in [-0.1, -0.05) is 25.0 Å². The maximum atomic E-state index is 12.7. The first kappa shape index (κ1) is 20.8. The van der Waals surface area contributed by atoms with Crippen LogP contribution >= 0.6 is 0 Å². The Balaban J connectivity index is 1.56. The Morgan fingerprint density at radius 3 is 2.68 bits per heavy atom. The van der Waals surface area contributed by atoms with Gasteiger partial charge in [-0.2, -0.15) is 0 Å². The summed E-state index contributed by atoms with van der Waals surface area (Å²) < 4.78 is 1.38. The predicted molar refractivity (Wildman–Crippen MR) is 120 cm³/mol. The summed E-state index contributed by atoms with van der Waals surface area (Å²) in [6, 6.07) is 10.9. The van der Waals surface area contributed by atoms with Gasteiger partial charge in [-0.15, -0.1) is 0 Å². The molecule has 1 aromatic heterocycles. The third-order valence-corrected chi connectivity index (χ3v) is 5.98. The molecule has 0 saturated heterocycles. The molecule has 7 heteroatoms. The Morgan fingerprint density at radius 2 is 1.90 bits per heavy atom. The van der Waals surface area contributed by atoms with Gasteiger partial charge in [0.25, 0.3) is 11.5 Å². The number of rotatable bonds is 5. The van der Waals surface area contributed by atoms with E-state index in [0.717, 1.165) is 42.5 Å². The van der Waals surface area contributed by atoms with Gasteiger partial charge in [0.2, 0.25) is 5.91 Å². The zero-order valence-electron chi connectivity index (χ0n) is 17.8. The van der Waals surface area contributed by atoms with Crippen LogP contribution in [0.15, 0.2) is 47.4 Å². The minimum absolute atomic E-state index is 0.138. The quantitative estimate of drug-likeness (QED) is 0.665. The monoisotopic (exact) mass is 418 g/mol. The summed E-state index contributed by atoms with van der Waals surface area (Å²) in [4.78, 5) is 41.8. The summed E-state index contributed by atoms with van der Waals surface area (Å²) >= 11 is 0. The molecule has 31 heavy (non-hydrogen) atoms. The Labute approximate surface area is 180 Å². The summed E-state index contributed by atoms with van der Waals surface area (Å²) in [7, 11) is 0. The minimum atomic E-state index is -0.369. The lowest BCUT2D eigenvalue weighted by Crippen LogP contribution is -2.32. The summed E-state index contributed by atoms with van der Waals surface area (Å²) in [6.07, 6.45) is 5.48. The van der Waals surface area contributed by atoms with Crippen molar-refractivity contribution in [1.29, 1.82) is 0 Å².